The van der Waals surface area contributed by atoms with Gasteiger partial charge in [0, 0.05) is 12.6 Å². The van der Waals surface area contributed by atoms with Crippen LogP contribution in [0.15, 0.2) is 42.5 Å². The molecule has 0 heterocycles. The lowest BCUT2D eigenvalue weighted by molar-refractivity contribution is -0.143. The van der Waals surface area contributed by atoms with E-state index in [2.05, 4.69) is 5.32 Å². The maximum Gasteiger partial charge on any atom is 0.261 e. The SMILES string of the molecule is CCC(C)NC(=O)C(CC)N(Cc1cccc(C)c1)C(=O)COc1cccc(C)c1C. The molecule has 0 bridgehead atoms. The monoisotopic (exact) mass is 424 g/mol. The molecule has 1 N–H and O–H groups in total. The molecule has 0 saturated heterocycles. The van der Waals surface area contributed by atoms with Crippen molar-refractivity contribution in [3.05, 3.63) is 64.7 Å². The first kappa shape index (κ1) is 24.4. The average molecular weight is 425 g/mol. The van der Waals surface area contributed by atoms with Crippen LogP contribution in [-0.2, 0) is 16.1 Å². The first-order chi connectivity index (χ1) is 14.8. The molecule has 0 aromatic heterocycles. The highest BCUT2D eigenvalue weighted by atomic mass is 16.5. The Hall–Kier alpha value is -2.82. The van der Waals surface area contributed by atoms with Crippen molar-refractivity contribution in [1.82, 2.24) is 10.2 Å². The highest BCUT2D eigenvalue weighted by Gasteiger charge is 2.29. The van der Waals surface area contributed by atoms with E-state index >= 15 is 0 Å². The Morgan fingerprint density at radius 2 is 1.74 bits per heavy atom. The van der Waals surface area contributed by atoms with E-state index in [1.807, 2.05) is 84.0 Å². The Kier molecular flexibility index (Phi) is 9.10. The quantitative estimate of drug-likeness (QED) is 0.601. The Labute approximate surface area is 186 Å². The summed E-state index contributed by atoms with van der Waals surface area (Å²) in [6.45, 7) is 12.2. The second-order valence-corrected chi connectivity index (χ2v) is 8.24. The highest BCUT2D eigenvalue weighted by molar-refractivity contribution is 5.88. The van der Waals surface area contributed by atoms with Crippen molar-refractivity contribution in [1.29, 1.82) is 0 Å². The molecule has 0 fully saturated rings. The molecule has 0 spiro atoms. The smallest absolute Gasteiger partial charge is 0.261 e. The maximum absolute atomic E-state index is 13.3. The first-order valence-electron chi connectivity index (χ1n) is 11.1. The van der Waals surface area contributed by atoms with E-state index in [9.17, 15) is 9.59 Å². The van der Waals surface area contributed by atoms with Gasteiger partial charge >= 0.3 is 0 Å². The third-order valence-corrected chi connectivity index (χ3v) is 5.73. The van der Waals surface area contributed by atoms with Crippen LogP contribution >= 0.6 is 0 Å². The van der Waals surface area contributed by atoms with Gasteiger partial charge in [0.1, 0.15) is 11.8 Å². The molecule has 2 aromatic rings. The molecule has 0 aliphatic rings. The van der Waals surface area contributed by atoms with E-state index in [0.717, 1.165) is 28.7 Å². The first-order valence-corrected chi connectivity index (χ1v) is 11.1. The standard InChI is InChI=1S/C26H36N2O3/c1-7-20(5)27-26(30)23(8-2)28(16-22-13-9-11-18(3)15-22)25(29)17-31-24-14-10-12-19(4)21(24)6/h9-15,20,23H,7-8,16-17H2,1-6H3,(H,27,30). The van der Waals surface area contributed by atoms with Crippen molar-refractivity contribution in [3.63, 3.8) is 0 Å². The zero-order chi connectivity index (χ0) is 23.0. The lowest BCUT2D eigenvalue weighted by Crippen LogP contribution is -2.51. The van der Waals surface area contributed by atoms with Crippen LogP contribution < -0.4 is 10.1 Å². The highest BCUT2D eigenvalue weighted by Crippen LogP contribution is 2.21. The van der Waals surface area contributed by atoms with Gasteiger partial charge in [-0.2, -0.15) is 0 Å². The minimum absolute atomic E-state index is 0.0589. The lowest BCUT2D eigenvalue weighted by Gasteiger charge is -2.31. The molecular weight excluding hydrogens is 388 g/mol. The number of carbonyl (C=O) groups excluding carboxylic acids is 2. The number of carbonyl (C=O) groups is 2. The molecule has 5 nitrogen and oxygen atoms in total. The van der Waals surface area contributed by atoms with Crippen LogP contribution in [0, 0.1) is 20.8 Å². The van der Waals surface area contributed by atoms with E-state index in [1.54, 1.807) is 4.90 Å². The van der Waals surface area contributed by atoms with Gasteiger partial charge in [-0.1, -0.05) is 55.8 Å². The van der Waals surface area contributed by atoms with Crippen LogP contribution in [0.1, 0.15) is 55.9 Å². The van der Waals surface area contributed by atoms with E-state index in [1.165, 1.54) is 0 Å². The zero-order valence-corrected chi connectivity index (χ0v) is 19.7. The number of nitrogens with zero attached hydrogens (tertiary/aromatic N) is 1. The minimum Gasteiger partial charge on any atom is -0.483 e. The summed E-state index contributed by atoms with van der Waals surface area (Å²) < 4.78 is 5.88. The Morgan fingerprint density at radius 1 is 1.03 bits per heavy atom. The molecule has 2 unspecified atom stereocenters. The number of amides is 2. The number of benzene rings is 2. The molecule has 5 heteroatoms. The molecule has 2 rings (SSSR count). The van der Waals surface area contributed by atoms with E-state index in [4.69, 9.17) is 4.74 Å². The van der Waals surface area contributed by atoms with Crippen molar-refractivity contribution in [2.24, 2.45) is 0 Å². The van der Waals surface area contributed by atoms with Crippen molar-refractivity contribution >= 4 is 11.8 Å². The summed E-state index contributed by atoms with van der Waals surface area (Å²) in [5.41, 5.74) is 4.24. The Balaban J connectivity index is 2.25. The van der Waals surface area contributed by atoms with Gasteiger partial charge in [0.25, 0.3) is 5.91 Å². The fourth-order valence-corrected chi connectivity index (χ4v) is 3.47. The van der Waals surface area contributed by atoms with Gasteiger partial charge in [-0.05, 0) is 63.3 Å². The number of ether oxygens (including phenoxy) is 1. The van der Waals surface area contributed by atoms with Gasteiger partial charge < -0.3 is 15.0 Å². The average Bonchev–Trinajstić information content (AvgIpc) is 2.74. The van der Waals surface area contributed by atoms with Crippen molar-refractivity contribution in [3.8, 4) is 5.75 Å². The summed E-state index contributed by atoms with van der Waals surface area (Å²) >= 11 is 0. The van der Waals surface area contributed by atoms with Crippen LogP contribution in [0.3, 0.4) is 0 Å². The molecule has 31 heavy (non-hydrogen) atoms. The predicted molar refractivity (Wildman–Crippen MR) is 125 cm³/mol. The normalized spacial score (nSPS) is 12.7. The van der Waals surface area contributed by atoms with Gasteiger partial charge in [0.05, 0.1) is 0 Å². The second kappa shape index (κ2) is 11.5. The summed E-state index contributed by atoms with van der Waals surface area (Å²) in [6.07, 6.45) is 1.37. The van der Waals surface area contributed by atoms with Crippen molar-refractivity contribution < 1.29 is 14.3 Å². The Bertz CT molecular complexity index is 894. The molecule has 0 aliphatic heterocycles. The number of rotatable bonds is 10. The molecule has 2 atom stereocenters. The predicted octanol–water partition coefficient (Wildman–Crippen LogP) is 4.71. The molecular formula is C26H36N2O3. The number of hydrogen-bond acceptors (Lipinski definition) is 3. The lowest BCUT2D eigenvalue weighted by atomic mass is 10.1. The molecule has 0 saturated carbocycles. The summed E-state index contributed by atoms with van der Waals surface area (Å²) in [4.78, 5) is 27.9. The third kappa shape index (κ3) is 6.84. The van der Waals surface area contributed by atoms with E-state index in [0.29, 0.717) is 18.7 Å². The largest absolute Gasteiger partial charge is 0.483 e. The van der Waals surface area contributed by atoms with Crippen LogP contribution in [0.4, 0.5) is 0 Å². The van der Waals surface area contributed by atoms with E-state index in [-0.39, 0.29) is 24.5 Å². The second-order valence-electron chi connectivity index (χ2n) is 8.24. The topological polar surface area (TPSA) is 58.6 Å². The van der Waals surface area contributed by atoms with Crippen molar-refractivity contribution in [2.45, 2.75) is 73.0 Å². The summed E-state index contributed by atoms with van der Waals surface area (Å²) in [6, 6.07) is 13.3. The molecule has 2 amide bonds. The fraction of sp³-hybridized carbons (Fsp3) is 0.462. The third-order valence-electron chi connectivity index (χ3n) is 5.73. The van der Waals surface area contributed by atoms with Gasteiger partial charge in [0.15, 0.2) is 6.61 Å². The maximum atomic E-state index is 13.3. The van der Waals surface area contributed by atoms with Crippen LogP contribution in [0.5, 0.6) is 5.75 Å². The van der Waals surface area contributed by atoms with E-state index < -0.39 is 6.04 Å². The number of nitrogens with one attached hydrogen (secondary N) is 1. The van der Waals surface area contributed by atoms with Gasteiger partial charge in [-0.15, -0.1) is 0 Å². The number of hydrogen-bond donors (Lipinski definition) is 1. The van der Waals surface area contributed by atoms with Crippen LogP contribution in [0.25, 0.3) is 0 Å². The molecule has 0 radical (unpaired) electrons. The van der Waals surface area contributed by atoms with Crippen molar-refractivity contribution in [2.75, 3.05) is 6.61 Å². The molecule has 2 aromatic carbocycles. The van der Waals surface area contributed by atoms with Gasteiger partial charge in [0.2, 0.25) is 5.91 Å². The fourth-order valence-electron chi connectivity index (χ4n) is 3.47. The van der Waals surface area contributed by atoms with Crippen LogP contribution in [-0.4, -0.2) is 35.4 Å². The number of aryl methyl sites for hydroxylation is 2. The Morgan fingerprint density at radius 3 is 2.39 bits per heavy atom. The summed E-state index contributed by atoms with van der Waals surface area (Å²) in [5.74, 6) is 0.374. The minimum atomic E-state index is -0.552. The summed E-state index contributed by atoms with van der Waals surface area (Å²) in [7, 11) is 0. The zero-order valence-electron chi connectivity index (χ0n) is 19.7. The van der Waals surface area contributed by atoms with Gasteiger partial charge in [-0.25, -0.2) is 0 Å². The molecule has 0 aliphatic carbocycles. The summed E-state index contributed by atoms with van der Waals surface area (Å²) in [5, 5.41) is 3.03. The molecule has 168 valence electrons. The van der Waals surface area contributed by atoms with Gasteiger partial charge in [-0.3, -0.25) is 9.59 Å². The van der Waals surface area contributed by atoms with Crippen LogP contribution in [0.2, 0.25) is 0 Å².